The van der Waals surface area contributed by atoms with Gasteiger partial charge < -0.3 is 10.2 Å². The average Bonchev–Trinajstić information content (AvgIpc) is 2.43. The molecule has 2 rings (SSSR count). The molecule has 1 fully saturated rings. The molecule has 3 nitrogen and oxygen atoms in total. The minimum Gasteiger partial charge on any atom is -0.382 e. The van der Waals surface area contributed by atoms with Gasteiger partial charge >= 0.3 is 0 Å². The van der Waals surface area contributed by atoms with Crippen LogP contribution in [0.15, 0.2) is 24.3 Å². The maximum atomic E-state index is 11.3. The van der Waals surface area contributed by atoms with E-state index in [9.17, 15) is 4.79 Å². The van der Waals surface area contributed by atoms with Crippen molar-refractivity contribution in [3.63, 3.8) is 0 Å². The van der Waals surface area contributed by atoms with Crippen LogP contribution in [0.3, 0.4) is 0 Å². The zero-order valence-electron chi connectivity index (χ0n) is 13.7. The molecular formula is C18H28N2O. The molecule has 3 unspecified atom stereocenters. The maximum absolute atomic E-state index is 11.3. The Balaban J connectivity index is 2.01. The number of nitrogens with one attached hydrogen (secondary N) is 1. The summed E-state index contributed by atoms with van der Waals surface area (Å²) in [5.41, 5.74) is 2.35. The van der Waals surface area contributed by atoms with Crippen molar-refractivity contribution in [2.45, 2.75) is 52.6 Å². The highest BCUT2D eigenvalue weighted by Crippen LogP contribution is 2.30. The average molecular weight is 288 g/mol. The van der Waals surface area contributed by atoms with Gasteiger partial charge in [-0.15, -0.1) is 0 Å². The van der Waals surface area contributed by atoms with E-state index in [1.165, 1.54) is 30.5 Å². The Kier molecular flexibility index (Phi) is 5.27. The van der Waals surface area contributed by atoms with Crippen LogP contribution in [0.1, 0.15) is 45.6 Å². The Labute approximate surface area is 128 Å². The summed E-state index contributed by atoms with van der Waals surface area (Å²) in [6.45, 7) is 6.96. The zero-order chi connectivity index (χ0) is 15.4. The minimum atomic E-state index is 0.100. The first-order valence-electron chi connectivity index (χ1n) is 8.03. The van der Waals surface area contributed by atoms with Gasteiger partial charge in [0.25, 0.3) is 0 Å². The smallest absolute Gasteiger partial charge is 0.219 e. The molecule has 3 heteroatoms. The van der Waals surface area contributed by atoms with Gasteiger partial charge in [-0.2, -0.15) is 0 Å². The molecule has 0 radical (unpaired) electrons. The number of hydrogen-bond donors (Lipinski definition) is 1. The van der Waals surface area contributed by atoms with E-state index in [1.54, 1.807) is 11.8 Å². The lowest BCUT2D eigenvalue weighted by atomic mass is 9.80. The Morgan fingerprint density at radius 3 is 2.81 bits per heavy atom. The normalized spacial score (nSPS) is 25.4. The van der Waals surface area contributed by atoms with Crippen LogP contribution in [0.5, 0.6) is 0 Å². The van der Waals surface area contributed by atoms with Gasteiger partial charge in [0.15, 0.2) is 0 Å². The van der Waals surface area contributed by atoms with E-state index in [0.29, 0.717) is 12.6 Å². The first-order chi connectivity index (χ1) is 9.95. The third-order valence-corrected chi connectivity index (χ3v) is 4.69. The summed E-state index contributed by atoms with van der Waals surface area (Å²) < 4.78 is 0. The van der Waals surface area contributed by atoms with Crippen LogP contribution >= 0.6 is 0 Å². The second kappa shape index (κ2) is 6.97. The van der Waals surface area contributed by atoms with Crippen molar-refractivity contribution in [3.05, 3.63) is 29.8 Å². The van der Waals surface area contributed by atoms with Crippen LogP contribution in [-0.2, 0) is 11.3 Å². The molecule has 21 heavy (non-hydrogen) atoms. The Morgan fingerprint density at radius 1 is 1.33 bits per heavy atom. The summed E-state index contributed by atoms with van der Waals surface area (Å²) in [6, 6.07) is 9.02. The lowest BCUT2D eigenvalue weighted by Crippen LogP contribution is -2.33. The Bertz CT molecular complexity index is 486. The first kappa shape index (κ1) is 15.9. The van der Waals surface area contributed by atoms with Crippen LogP contribution in [0.4, 0.5) is 5.69 Å². The molecule has 0 aliphatic heterocycles. The molecule has 0 heterocycles. The number of carbonyl (C=O) groups excluding carboxylic acids is 1. The van der Waals surface area contributed by atoms with Gasteiger partial charge in [-0.25, -0.2) is 0 Å². The second-order valence-corrected chi connectivity index (χ2v) is 6.72. The van der Waals surface area contributed by atoms with Crippen molar-refractivity contribution in [1.82, 2.24) is 4.90 Å². The van der Waals surface area contributed by atoms with E-state index in [2.05, 4.69) is 43.4 Å². The monoisotopic (exact) mass is 288 g/mol. The van der Waals surface area contributed by atoms with E-state index in [0.717, 1.165) is 11.8 Å². The van der Waals surface area contributed by atoms with Crippen LogP contribution in [0.25, 0.3) is 0 Å². The van der Waals surface area contributed by atoms with E-state index in [-0.39, 0.29) is 5.91 Å². The van der Waals surface area contributed by atoms with Gasteiger partial charge in [-0.3, -0.25) is 4.79 Å². The summed E-state index contributed by atoms with van der Waals surface area (Å²) in [6.07, 6.45) is 3.91. The van der Waals surface area contributed by atoms with E-state index in [4.69, 9.17) is 0 Å². The number of hydrogen-bond acceptors (Lipinski definition) is 2. The van der Waals surface area contributed by atoms with E-state index >= 15 is 0 Å². The van der Waals surface area contributed by atoms with Crippen LogP contribution < -0.4 is 5.32 Å². The predicted octanol–water partition coefficient (Wildman–Crippen LogP) is 3.90. The van der Waals surface area contributed by atoms with Crippen LogP contribution in [0.2, 0.25) is 0 Å². The fourth-order valence-electron chi connectivity index (χ4n) is 3.09. The quantitative estimate of drug-likeness (QED) is 0.911. The summed E-state index contributed by atoms with van der Waals surface area (Å²) in [4.78, 5) is 13.1. The lowest BCUT2D eigenvalue weighted by Gasteiger charge is -2.34. The number of anilines is 1. The third-order valence-electron chi connectivity index (χ3n) is 4.69. The first-order valence-corrected chi connectivity index (χ1v) is 8.03. The van der Waals surface area contributed by atoms with E-state index < -0.39 is 0 Å². The molecule has 1 aromatic carbocycles. The molecule has 0 saturated heterocycles. The summed E-state index contributed by atoms with van der Waals surface area (Å²) in [5.74, 6) is 1.64. The largest absolute Gasteiger partial charge is 0.382 e. The number of rotatable bonds is 4. The number of nitrogens with zero attached hydrogens (tertiary/aromatic N) is 1. The molecule has 1 aromatic rings. The molecule has 116 valence electrons. The number of benzene rings is 1. The van der Waals surface area contributed by atoms with Gasteiger partial charge in [-0.05, 0) is 42.4 Å². The van der Waals surface area contributed by atoms with Crippen molar-refractivity contribution in [2.24, 2.45) is 11.8 Å². The van der Waals surface area contributed by atoms with Gasteiger partial charge in [-0.1, -0.05) is 32.4 Å². The molecule has 1 aliphatic carbocycles. The Morgan fingerprint density at radius 2 is 2.10 bits per heavy atom. The summed E-state index contributed by atoms with van der Waals surface area (Å²) in [7, 11) is 1.84. The highest BCUT2D eigenvalue weighted by atomic mass is 16.2. The van der Waals surface area contributed by atoms with Crippen molar-refractivity contribution in [1.29, 1.82) is 0 Å². The lowest BCUT2D eigenvalue weighted by molar-refractivity contribution is -0.128. The SMILES string of the molecule is CC(=O)N(C)Cc1cccc(NC2CC(C)CCC2C)c1. The van der Waals surface area contributed by atoms with Crippen LogP contribution in [-0.4, -0.2) is 23.9 Å². The van der Waals surface area contributed by atoms with Crippen LogP contribution in [0, 0.1) is 11.8 Å². The van der Waals surface area contributed by atoms with Gasteiger partial charge in [0, 0.05) is 32.2 Å². The zero-order valence-corrected chi connectivity index (χ0v) is 13.7. The molecule has 0 spiro atoms. The molecule has 1 saturated carbocycles. The second-order valence-electron chi connectivity index (χ2n) is 6.72. The van der Waals surface area contributed by atoms with Gasteiger partial charge in [0.1, 0.15) is 0 Å². The molecule has 1 aliphatic rings. The highest BCUT2D eigenvalue weighted by molar-refractivity contribution is 5.72. The van der Waals surface area contributed by atoms with Crippen molar-refractivity contribution < 1.29 is 4.79 Å². The molecule has 1 amide bonds. The van der Waals surface area contributed by atoms with Crippen molar-refractivity contribution in [3.8, 4) is 0 Å². The minimum absolute atomic E-state index is 0.100. The summed E-state index contributed by atoms with van der Waals surface area (Å²) >= 11 is 0. The fourth-order valence-corrected chi connectivity index (χ4v) is 3.09. The third kappa shape index (κ3) is 4.48. The van der Waals surface area contributed by atoms with Gasteiger partial charge in [0.05, 0.1) is 0 Å². The van der Waals surface area contributed by atoms with E-state index in [1.807, 2.05) is 7.05 Å². The standard InChI is InChI=1S/C18H28N2O/c1-13-8-9-14(2)18(10-13)19-17-7-5-6-16(11-17)12-20(4)15(3)21/h5-7,11,13-14,18-19H,8-10,12H2,1-4H3. The molecule has 1 N–H and O–H groups in total. The Hall–Kier alpha value is -1.51. The van der Waals surface area contributed by atoms with Crippen molar-refractivity contribution >= 4 is 11.6 Å². The predicted molar refractivity (Wildman–Crippen MR) is 88.2 cm³/mol. The molecule has 3 atom stereocenters. The van der Waals surface area contributed by atoms with Gasteiger partial charge in [0.2, 0.25) is 5.91 Å². The fraction of sp³-hybridized carbons (Fsp3) is 0.611. The molecular weight excluding hydrogens is 260 g/mol. The van der Waals surface area contributed by atoms with Crippen molar-refractivity contribution in [2.75, 3.05) is 12.4 Å². The molecule has 0 aromatic heterocycles. The number of amides is 1. The molecule has 0 bridgehead atoms. The number of carbonyl (C=O) groups is 1. The maximum Gasteiger partial charge on any atom is 0.219 e. The summed E-state index contributed by atoms with van der Waals surface area (Å²) in [5, 5.41) is 3.70. The highest BCUT2D eigenvalue weighted by Gasteiger charge is 2.25. The topological polar surface area (TPSA) is 32.3 Å².